The van der Waals surface area contributed by atoms with Crippen molar-refractivity contribution in [1.82, 2.24) is 9.71 Å². The van der Waals surface area contributed by atoms with Gasteiger partial charge in [-0.25, -0.2) is 13.4 Å². The van der Waals surface area contributed by atoms with Crippen molar-refractivity contribution in [3.05, 3.63) is 36.4 Å². The molecule has 0 saturated carbocycles. The summed E-state index contributed by atoms with van der Waals surface area (Å²) in [7, 11) is -3.96. The van der Waals surface area contributed by atoms with Gasteiger partial charge < -0.3 is 19.5 Å². The molecule has 0 radical (unpaired) electrons. The molecule has 0 fully saturated rings. The summed E-state index contributed by atoms with van der Waals surface area (Å²) in [6.07, 6.45) is 0.713. The highest BCUT2D eigenvalue weighted by Gasteiger charge is 2.24. The zero-order valence-electron chi connectivity index (χ0n) is 17.6. The first-order chi connectivity index (χ1) is 15.4. The zero-order chi connectivity index (χ0) is 22.7. The summed E-state index contributed by atoms with van der Waals surface area (Å²) in [5.41, 5.74) is 0.717. The summed E-state index contributed by atoms with van der Waals surface area (Å²) in [6, 6.07) is 8.81. The van der Waals surface area contributed by atoms with Crippen molar-refractivity contribution >= 4 is 42.6 Å². The molecular weight excluding hydrogens is 454 g/mol. The maximum Gasteiger partial charge on any atom is 0.244 e. The number of rotatable bonds is 7. The molecule has 4 rings (SSSR count). The van der Waals surface area contributed by atoms with Crippen LogP contribution in [0.5, 0.6) is 17.2 Å². The first kappa shape index (κ1) is 22.3. The van der Waals surface area contributed by atoms with Crippen molar-refractivity contribution in [1.29, 1.82) is 0 Å². The maximum absolute atomic E-state index is 12.8. The Morgan fingerprint density at radius 2 is 1.97 bits per heavy atom. The van der Waals surface area contributed by atoms with Gasteiger partial charge in [-0.3, -0.25) is 4.79 Å². The molecule has 0 aliphatic carbocycles. The van der Waals surface area contributed by atoms with Gasteiger partial charge in [0.15, 0.2) is 16.6 Å². The number of aromatic nitrogens is 1. The van der Waals surface area contributed by atoms with Crippen LogP contribution in [0, 0.1) is 0 Å². The number of ether oxygens (including phenoxy) is 3. The Kier molecular flexibility index (Phi) is 6.49. The second-order valence-corrected chi connectivity index (χ2v) is 9.82. The molecule has 32 heavy (non-hydrogen) atoms. The van der Waals surface area contributed by atoms with Crippen LogP contribution in [0.15, 0.2) is 41.3 Å². The standard InChI is InChI=1S/C21H23N3O6S2/c1-3-28-14-5-7-16-19(11-14)31-21(22-16)23-20(25)13(2)24-32(26,27)15-6-8-17-18(12-15)30-10-4-9-29-17/h5-8,11-13,24H,3-4,9-10H2,1-2H3,(H,22,23,25)/t13-/m1/s1. The van der Waals surface area contributed by atoms with Crippen LogP contribution < -0.4 is 24.2 Å². The number of nitrogens with one attached hydrogen (secondary N) is 2. The van der Waals surface area contributed by atoms with Crippen LogP contribution >= 0.6 is 11.3 Å². The monoisotopic (exact) mass is 477 g/mol. The van der Waals surface area contributed by atoms with E-state index in [9.17, 15) is 13.2 Å². The van der Waals surface area contributed by atoms with Gasteiger partial charge in [-0.1, -0.05) is 11.3 Å². The van der Waals surface area contributed by atoms with Crippen LogP contribution in [-0.2, 0) is 14.8 Å². The molecule has 3 aromatic rings. The lowest BCUT2D eigenvalue weighted by Gasteiger charge is -2.14. The molecule has 0 bridgehead atoms. The summed E-state index contributed by atoms with van der Waals surface area (Å²) in [5, 5.41) is 3.05. The highest BCUT2D eigenvalue weighted by atomic mass is 32.2. The van der Waals surface area contributed by atoms with Crippen LogP contribution in [-0.4, -0.2) is 45.2 Å². The number of benzene rings is 2. The number of thiazole rings is 1. The predicted molar refractivity (Wildman–Crippen MR) is 121 cm³/mol. The lowest BCUT2D eigenvalue weighted by molar-refractivity contribution is -0.117. The van der Waals surface area contributed by atoms with Crippen LogP contribution in [0.3, 0.4) is 0 Å². The SMILES string of the molecule is CCOc1ccc2nc(NC(=O)[C@@H](C)NS(=O)(=O)c3ccc4c(c3)OCCCO4)sc2c1. The molecule has 170 valence electrons. The van der Waals surface area contributed by atoms with E-state index in [0.29, 0.717) is 48.4 Å². The van der Waals surface area contributed by atoms with E-state index in [1.165, 1.54) is 30.4 Å². The Hall–Kier alpha value is -2.89. The van der Waals surface area contributed by atoms with Gasteiger partial charge in [0.05, 0.1) is 41.0 Å². The third-order valence-corrected chi connectivity index (χ3v) is 7.13. The minimum absolute atomic E-state index is 0.00941. The fourth-order valence-electron chi connectivity index (χ4n) is 3.09. The van der Waals surface area contributed by atoms with Gasteiger partial charge in [0.2, 0.25) is 15.9 Å². The van der Waals surface area contributed by atoms with Crippen molar-refractivity contribution in [3.8, 4) is 17.2 Å². The Balaban J connectivity index is 1.45. The van der Waals surface area contributed by atoms with E-state index in [1.54, 1.807) is 6.07 Å². The molecule has 2 heterocycles. The predicted octanol–water partition coefficient (Wildman–Crippen LogP) is 3.16. The lowest BCUT2D eigenvalue weighted by Crippen LogP contribution is -2.41. The van der Waals surface area contributed by atoms with Crippen molar-refractivity contribution in [2.45, 2.75) is 31.2 Å². The van der Waals surface area contributed by atoms with E-state index >= 15 is 0 Å². The quantitative estimate of drug-likeness (QED) is 0.537. The van der Waals surface area contributed by atoms with E-state index < -0.39 is 22.0 Å². The van der Waals surface area contributed by atoms with E-state index in [1.807, 2.05) is 25.1 Å². The Labute approximate surface area is 189 Å². The lowest BCUT2D eigenvalue weighted by atomic mass is 10.3. The summed E-state index contributed by atoms with van der Waals surface area (Å²) in [6.45, 7) is 4.87. The summed E-state index contributed by atoms with van der Waals surface area (Å²) in [5.74, 6) is 1.06. The molecule has 11 heteroatoms. The number of hydrogen-bond acceptors (Lipinski definition) is 8. The van der Waals surface area contributed by atoms with Crippen molar-refractivity contribution in [2.75, 3.05) is 25.1 Å². The van der Waals surface area contributed by atoms with Gasteiger partial charge in [0, 0.05) is 12.5 Å². The van der Waals surface area contributed by atoms with Crippen LogP contribution in [0.1, 0.15) is 20.3 Å². The molecule has 9 nitrogen and oxygen atoms in total. The molecular formula is C21H23N3O6S2. The fraction of sp³-hybridized carbons (Fsp3) is 0.333. The van der Waals surface area contributed by atoms with Crippen LogP contribution in [0.25, 0.3) is 10.2 Å². The largest absolute Gasteiger partial charge is 0.494 e. The maximum atomic E-state index is 12.8. The van der Waals surface area contributed by atoms with Gasteiger partial charge in [-0.05, 0) is 44.2 Å². The molecule has 1 amide bonds. The van der Waals surface area contributed by atoms with Gasteiger partial charge in [-0.15, -0.1) is 0 Å². The van der Waals surface area contributed by atoms with Crippen molar-refractivity contribution in [2.24, 2.45) is 0 Å². The number of sulfonamides is 1. The van der Waals surface area contributed by atoms with Gasteiger partial charge in [0.25, 0.3) is 0 Å². The number of fused-ring (bicyclic) bond motifs is 2. The zero-order valence-corrected chi connectivity index (χ0v) is 19.2. The second-order valence-electron chi connectivity index (χ2n) is 7.07. The van der Waals surface area contributed by atoms with E-state index in [2.05, 4.69) is 15.0 Å². The first-order valence-electron chi connectivity index (χ1n) is 10.1. The summed E-state index contributed by atoms with van der Waals surface area (Å²) >= 11 is 1.28. The van der Waals surface area contributed by atoms with Gasteiger partial charge >= 0.3 is 0 Å². The van der Waals surface area contributed by atoms with Crippen molar-refractivity contribution < 1.29 is 27.4 Å². The normalized spacial score (nSPS) is 14.6. The Morgan fingerprint density at radius 1 is 1.19 bits per heavy atom. The van der Waals surface area contributed by atoms with E-state index in [4.69, 9.17) is 14.2 Å². The third-order valence-electron chi connectivity index (χ3n) is 4.66. The molecule has 1 aromatic heterocycles. The highest BCUT2D eigenvalue weighted by Crippen LogP contribution is 2.32. The summed E-state index contributed by atoms with van der Waals surface area (Å²) < 4.78 is 45.4. The minimum Gasteiger partial charge on any atom is -0.494 e. The third kappa shape index (κ3) is 4.95. The summed E-state index contributed by atoms with van der Waals surface area (Å²) in [4.78, 5) is 17.0. The first-order valence-corrected chi connectivity index (χ1v) is 12.4. The molecule has 0 spiro atoms. The molecule has 1 aliphatic heterocycles. The van der Waals surface area contributed by atoms with E-state index in [0.717, 1.165) is 10.4 Å². The molecule has 2 N–H and O–H groups in total. The van der Waals surface area contributed by atoms with Crippen LogP contribution in [0.2, 0.25) is 0 Å². The van der Waals surface area contributed by atoms with Gasteiger partial charge in [0.1, 0.15) is 5.75 Å². The fourth-order valence-corrected chi connectivity index (χ4v) is 5.21. The van der Waals surface area contributed by atoms with Crippen molar-refractivity contribution in [3.63, 3.8) is 0 Å². The average molecular weight is 478 g/mol. The van der Waals surface area contributed by atoms with Gasteiger partial charge in [-0.2, -0.15) is 4.72 Å². The smallest absolute Gasteiger partial charge is 0.244 e. The second kappa shape index (κ2) is 9.31. The Morgan fingerprint density at radius 3 is 2.75 bits per heavy atom. The number of carbonyl (C=O) groups excluding carboxylic acids is 1. The molecule has 1 aliphatic rings. The minimum atomic E-state index is -3.96. The number of amides is 1. The van der Waals surface area contributed by atoms with Crippen LogP contribution in [0.4, 0.5) is 5.13 Å². The number of anilines is 1. The number of carbonyl (C=O) groups is 1. The average Bonchev–Trinajstić information content (AvgIpc) is 2.99. The molecule has 1 atom stereocenters. The number of hydrogen-bond donors (Lipinski definition) is 2. The highest BCUT2D eigenvalue weighted by molar-refractivity contribution is 7.89. The number of nitrogens with zero attached hydrogens (tertiary/aromatic N) is 1. The molecule has 0 unspecified atom stereocenters. The Bertz CT molecular complexity index is 1240. The van der Waals surface area contributed by atoms with E-state index in [-0.39, 0.29) is 4.90 Å². The molecule has 2 aromatic carbocycles. The topological polar surface area (TPSA) is 116 Å². The molecule has 0 saturated heterocycles.